The van der Waals surface area contributed by atoms with E-state index in [9.17, 15) is 9.59 Å². The van der Waals surface area contributed by atoms with Gasteiger partial charge in [-0.3, -0.25) is 10.1 Å². The third-order valence-corrected chi connectivity index (χ3v) is 1.68. The van der Waals surface area contributed by atoms with Crippen LogP contribution in [0.3, 0.4) is 0 Å². The van der Waals surface area contributed by atoms with E-state index in [-0.39, 0.29) is 5.88 Å². The molecule has 0 aliphatic heterocycles. The van der Waals surface area contributed by atoms with E-state index in [0.29, 0.717) is 6.54 Å². The maximum atomic E-state index is 10.9. The van der Waals surface area contributed by atoms with Crippen molar-refractivity contribution in [1.82, 2.24) is 15.5 Å². The van der Waals surface area contributed by atoms with E-state index in [1.807, 2.05) is 19.0 Å². The van der Waals surface area contributed by atoms with Gasteiger partial charge in [0.2, 0.25) is 5.91 Å². The Balaban J connectivity index is 3.40. The fraction of sp³-hybridized carbons (Fsp3) is 0.750. The first-order chi connectivity index (χ1) is 6.56. The van der Waals surface area contributed by atoms with E-state index < -0.39 is 11.9 Å². The maximum absolute atomic E-state index is 10.9. The summed E-state index contributed by atoms with van der Waals surface area (Å²) in [5, 5.41) is 4.63. The predicted octanol–water partition coefficient (Wildman–Crippen LogP) is 0.00270. The number of hydrogen-bond donors (Lipinski definition) is 2. The van der Waals surface area contributed by atoms with E-state index >= 15 is 0 Å². The monoisotopic (exact) mass is 221 g/mol. The van der Waals surface area contributed by atoms with Gasteiger partial charge in [-0.1, -0.05) is 0 Å². The Kier molecular flexibility index (Phi) is 7.14. The number of nitrogens with zero attached hydrogens (tertiary/aromatic N) is 1. The summed E-state index contributed by atoms with van der Waals surface area (Å²) in [7, 11) is 3.91. The van der Waals surface area contributed by atoms with Gasteiger partial charge in [-0.25, -0.2) is 4.79 Å². The van der Waals surface area contributed by atoms with Crippen LogP contribution in [0.2, 0.25) is 0 Å². The van der Waals surface area contributed by atoms with Crippen molar-refractivity contribution in [2.24, 2.45) is 0 Å². The standard InChI is InChI=1S/C8H16ClN3O2/c1-12(2)5-3-4-10-8(14)11-7(13)6-9/h3-6H2,1-2H3,(H2,10,11,13,14). The van der Waals surface area contributed by atoms with Crippen LogP contribution in [0.5, 0.6) is 0 Å². The van der Waals surface area contributed by atoms with Crippen molar-refractivity contribution in [1.29, 1.82) is 0 Å². The van der Waals surface area contributed by atoms with Crippen LogP contribution in [0.1, 0.15) is 6.42 Å². The molecule has 82 valence electrons. The molecule has 0 atom stereocenters. The molecule has 0 saturated carbocycles. The molecule has 0 rings (SSSR count). The van der Waals surface area contributed by atoms with Crippen LogP contribution in [0.4, 0.5) is 4.79 Å². The van der Waals surface area contributed by atoms with Gasteiger partial charge in [-0.15, -0.1) is 11.6 Å². The molecule has 3 amide bonds. The molecule has 0 aromatic heterocycles. The van der Waals surface area contributed by atoms with Gasteiger partial charge < -0.3 is 10.2 Å². The quantitative estimate of drug-likeness (QED) is 0.508. The van der Waals surface area contributed by atoms with Gasteiger partial charge in [0.05, 0.1) is 0 Å². The molecule has 0 aliphatic rings. The molecule has 0 fully saturated rings. The molecule has 0 spiro atoms. The molecule has 5 nitrogen and oxygen atoms in total. The third-order valence-electron chi connectivity index (χ3n) is 1.44. The average molecular weight is 222 g/mol. The molecular weight excluding hydrogens is 206 g/mol. The van der Waals surface area contributed by atoms with Crippen molar-refractivity contribution in [2.75, 3.05) is 33.1 Å². The summed E-state index contributed by atoms with van der Waals surface area (Å²) in [5.74, 6) is -0.692. The number of carbonyl (C=O) groups excluding carboxylic acids is 2. The van der Waals surface area contributed by atoms with Crippen molar-refractivity contribution >= 4 is 23.5 Å². The predicted molar refractivity (Wildman–Crippen MR) is 55.4 cm³/mol. The first-order valence-corrected chi connectivity index (χ1v) is 4.88. The Morgan fingerprint density at radius 3 is 2.50 bits per heavy atom. The van der Waals surface area contributed by atoms with Crippen LogP contribution in [0.15, 0.2) is 0 Å². The Labute approximate surface area is 88.8 Å². The van der Waals surface area contributed by atoms with Crippen LogP contribution >= 0.6 is 11.6 Å². The second kappa shape index (κ2) is 7.58. The summed E-state index contributed by atoms with van der Waals surface area (Å²) in [5.41, 5.74) is 0. The summed E-state index contributed by atoms with van der Waals surface area (Å²) in [6.07, 6.45) is 0.843. The second-order valence-corrected chi connectivity index (χ2v) is 3.36. The van der Waals surface area contributed by atoms with E-state index in [0.717, 1.165) is 13.0 Å². The van der Waals surface area contributed by atoms with Crippen molar-refractivity contribution in [2.45, 2.75) is 6.42 Å². The topological polar surface area (TPSA) is 61.4 Å². The molecule has 0 aromatic rings. The molecule has 6 heteroatoms. The smallest absolute Gasteiger partial charge is 0.321 e. The minimum absolute atomic E-state index is 0.203. The van der Waals surface area contributed by atoms with E-state index in [1.54, 1.807) is 0 Å². The highest BCUT2D eigenvalue weighted by Gasteiger charge is 2.04. The first-order valence-electron chi connectivity index (χ1n) is 4.34. The van der Waals surface area contributed by atoms with Crippen LogP contribution in [0.25, 0.3) is 0 Å². The highest BCUT2D eigenvalue weighted by molar-refractivity contribution is 6.28. The van der Waals surface area contributed by atoms with Crippen LogP contribution in [-0.2, 0) is 4.79 Å². The molecule has 0 unspecified atom stereocenters. The van der Waals surface area contributed by atoms with Crippen molar-refractivity contribution in [3.05, 3.63) is 0 Å². The fourth-order valence-corrected chi connectivity index (χ4v) is 0.868. The molecule has 0 aromatic carbocycles. The summed E-state index contributed by atoms with van der Waals surface area (Å²) in [6, 6.07) is -0.491. The lowest BCUT2D eigenvalue weighted by Crippen LogP contribution is -2.40. The van der Waals surface area contributed by atoms with Crippen LogP contribution < -0.4 is 10.6 Å². The van der Waals surface area contributed by atoms with E-state index in [2.05, 4.69) is 10.6 Å². The number of nitrogens with one attached hydrogen (secondary N) is 2. The largest absolute Gasteiger partial charge is 0.338 e. The highest BCUT2D eigenvalue weighted by atomic mass is 35.5. The lowest BCUT2D eigenvalue weighted by Gasteiger charge is -2.09. The van der Waals surface area contributed by atoms with Crippen LogP contribution in [0, 0.1) is 0 Å². The van der Waals surface area contributed by atoms with Gasteiger partial charge in [0.15, 0.2) is 0 Å². The number of imide groups is 1. The fourth-order valence-electron chi connectivity index (χ4n) is 0.801. The lowest BCUT2D eigenvalue weighted by molar-refractivity contribution is -0.117. The number of amides is 3. The minimum Gasteiger partial charge on any atom is -0.338 e. The summed E-state index contributed by atoms with van der Waals surface area (Å²) in [6.45, 7) is 1.43. The number of alkyl halides is 1. The Hall–Kier alpha value is -0.810. The average Bonchev–Trinajstić information content (AvgIpc) is 2.12. The summed E-state index contributed by atoms with van der Waals surface area (Å²) >= 11 is 5.20. The molecular formula is C8H16ClN3O2. The minimum atomic E-state index is -0.491. The van der Waals surface area contributed by atoms with Gasteiger partial charge >= 0.3 is 6.03 Å². The molecule has 0 heterocycles. The summed E-state index contributed by atoms with van der Waals surface area (Å²) in [4.78, 5) is 23.6. The third kappa shape index (κ3) is 7.82. The van der Waals surface area contributed by atoms with Gasteiger partial charge in [-0.2, -0.15) is 0 Å². The van der Waals surface area contributed by atoms with Gasteiger partial charge in [-0.05, 0) is 27.1 Å². The zero-order chi connectivity index (χ0) is 11.0. The SMILES string of the molecule is CN(C)CCCNC(=O)NC(=O)CCl. The van der Waals surface area contributed by atoms with Gasteiger partial charge in [0.25, 0.3) is 0 Å². The Bertz CT molecular complexity index is 197. The molecule has 0 aliphatic carbocycles. The number of urea groups is 1. The Morgan fingerprint density at radius 1 is 1.36 bits per heavy atom. The Morgan fingerprint density at radius 2 is 2.00 bits per heavy atom. The van der Waals surface area contributed by atoms with E-state index in [1.165, 1.54) is 0 Å². The number of rotatable bonds is 5. The molecule has 0 radical (unpaired) electrons. The number of hydrogen-bond acceptors (Lipinski definition) is 3. The van der Waals surface area contributed by atoms with Crippen LogP contribution in [-0.4, -0.2) is 49.9 Å². The van der Waals surface area contributed by atoms with Gasteiger partial charge in [0, 0.05) is 6.54 Å². The first kappa shape index (κ1) is 13.2. The van der Waals surface area contributed by atoms with Crippen molar-refractivity contribution in [3.8, 4) is 0 Å². The lowest BCUT2D eigenvalue weighted by atomic mass is 10.4. The maximum Gasteiger partial charge on any atom is 0.321 e. The van der Waals surface area contributed by atoms with Gasteiger partial charge in [0.1, 0.15) is 5.88 Å². The molecule has 14 heavy (non-hydrogen) atoms. The molecule has 0 bridgehead atoms. The normalized spacial score (nSPS) is 10.0. The zero-order valence-electron chi connectivity index (χ0n) is 8.47. The molecule has 2 N–H and O–H groups in total. The zero-order valence-corrected chi connectivity index (χ0v) is 9.23. The van der Waals surface area contributed by atoms with Crippen molar-refractivity contribution in [3.63, 3.8) is 0 Å². The second-order valence-electron chi connectivity index (χ2n) is 3.09. The number of halogens is 1. The van der Waals surface area contributed by atoms with E-state index in [4.69, 9.17) is 11.6 Å². The molecule has 0 saturated heterocycles. The number of carbonyl (C=O) groups is 2. The van der Waals surface area contributed by atoms with Crippen molar-refractivity contribution < 1.29 is 9.59 Å². The highest BCUT2D eigenvalue weighted by Crippen LogP contribution is 1.81. The summed E-state index contributed by atoms with van der Waals surface area (Å²) < 4.78 is 0.